The predicted molar refractivity (Wildman–Crippen MR) is 142 cm³/mol. The molecular formula is C28H26Cl2N2O2. The molecule has 3 aromatic rings. The molecule has 6 heteroatoms. The van der Waals surface area contributed by atoms with E-state index in [2.05, 4.69) is 38.5 Å². The highest BCUT2D eigenvalue weighted by atomic mass is 35.5. The van der Waals surface area contributed by atoms with Gasteiger partial charge < -0.3 is 10.5 Å². The van der Waals surface area contributed by atoms with Crippen molar-refractivity contribution in [3.8, 4) is 18.1 Å². The minimum absolute atomic E-state index is 0.0883. The van der Waals surface area contributed by atoms with Gasteiger partial charge in [-0.25, -0.2) is 4.79 Å². The number of nitrogens with zero attached hydrogens (tertiary/aromatic N) is 1. The van der Waals surface area contributed by atoms with E-state index >= 15 is 0 Å². The number of halogens is 2. The first-order chi connectivity index (χ1) is 16.2. The third-order valence-electron chi connectivity index (χ3n) is 5.48. The van der Waals surface area contributed by atoms with Crippen LogP contribution in [-0.4, -0.2) is 12.6 Å². The van der Waals surface area contributed by atoms with Crippen molar-refractivity contribution in [3.05, 3.63) is 99.5 Å². The summed E-state index contributed by atoms with van der Waals surface area (Å²) in [4.78, 5) is 14.0. The molecule has 0 heterocycles. The first-order valence-electron chi connectivity index (χ1n) is 10.7. The molecule has 0 fully saturated rings. The molecule has 0 aromatic heterocycles. The van der Waals surface area contributed by atoms with E-state index in [-0.39, 0.29) is 13.2 Å². The summed E-state index contributed by atoms with van der Waals surface area (Å²) in [7, 11) is 0. The molecule has 0 aliphatic carbocycles. The lowest BCUT2D eigenvalue weighted by Gasteiger charge is -2.26. The number of benzene rings is 3. The number of carbonyl (C=O) groups excluding carboxylic acids is 1. The summed E-state index contributed by atoms with van der Waals surface area (Å²) in [5.41, 5.74) is 10.4. The summed E-state index contributed by atoms with van der Waals surface area (Å²) in [6, 6.07) is 18.0. The number of ether oxygens (including phenoxy) is 1. The molecule has 0 bridgehead atoms. The topological polar surface area (TPSA) is 55.6 Å². The fourth-order valence-corrected chi connectivity index (χ4v) is 4.07. The summed E-state index contributed by atoms with van der Waals surface area (Å²) in [5.74, 6) is 3.41. The van der Waals surface area contributed by atoms with Crippen LogP contribution in [0.1, 0.15) is 42.0 Å². The zero-order valence-corrected chi connectivity index (χ0v) is 20.7. The van der Waals surface area contributed by atoms with Gasteiger partial charge in [-0.2, -0.15) is 0 Å². The maximum Gasteiger partial charge on any atom is 0.319 e. The lowest BCUT2D eigenvalue weighted by Crippen LogP contribution is -2.36. The Labute approximate surface area is 210 Å². The van der Waals surface area contributed by atoms with Crippen molar-refractivity contribution in [2.45, 2.75) is 26.3 Å². The molecule has 34 heavy (non-hydrogen) atoms. The molecule has 0 saturated carbocycles. The molecule has 0 aliphatic heterocycles. The van der Waals surface area contributed by atoms with Crippen molar-refractivity contribution in [1.29, 1.82) is 0 Å². The van der Waals surface area contributed by atoms with Gasteiger partial charge in [-0.05, 0) is 52.9 Å². The van der Waals surface area contributed by atoms with Gasteiger partial charge in [-0.1, -0.05) is 79.9 Å². The Kier molecular flexibility index (Phi) is 8.28. The van der Waals surface area contributed by atoms with Crippen LogP contribution in [0.25, 0.3) is 5.57 Å². The van der Waals surface area contributed by atoms with E-state index in [4.69, 9.17) is 40.1 Å². The Balaban J connectivity index is 2.10. The van der Waals surface area contributed by atoms with Gasteiger partial charge in [-0.3, -0.25) is 4.90 Å². The second-order valence-corrected chi connectivity index (χ2v) is 8.87. The largest absolute Gasteiger partial charge is 0.481 e. The van der Waals surface area contributed by atoms with Crippen molar-refractivity contribution in [2.75, 3.05) is 11.5 Å². The van der Waals surface area contributed by atoms with Crippen LogP contribution in [-0.2, 0) is 6.54 Å². The van der Waals surface area contributed by atoms with E-state index in [1.807, 2.05) is 12.1 Å². The zero-order chi connectivity index (χ0) is 24.8. The fourth-order valence-electron chi connectivity index (χ4n) is 3.56. The van der Waals surface area contributed by atoms with Gasteiger partial charge >= 0.3 is 6.03 Å². The summed E-state index contributed by atoms with van der Waals surface area (Å²) in [5, 5.41) is 0.884. The first-order valence-corrected chi connectivity index (χ1v) is 11.5. The molecule has 0 radical (unpaired) electrons. The lowest BCUT2D eigenvalue weighted by molar-refractivity contribution is 0.253. The van der Waals surface area contributed by atoms with Gasteiger partial charge in [0.15, 0.2) is 0 Å². The average Bonchev–Trinajstić information content (AvgIpc) is 2.82. The highest BCUT2D eigenvalue weighted by Gasteiger charge is 2.22. The van der Waals surface area contributed by atoms with Gasteiger partial charge in [0.2, 0.25) is 0 Å². The molecule has 4 nitrogen and oxygen atoms in total. The van der Waals surface area contributed by atoms with Gasteiger partial charge in [0.25, 0.3) is 0 Å². The maximum absolute atomic E-state index is 12.6. The second kappa shape index (κ2) is 11.2. The van der Waals surface area contributed by atoms with Crippen molar-refractivity contribution in [1.82, 2.24) is 0 Å². The molecule has 2 N–H and O–H groups in total. The van der Waals surface area contributed by atoms with Crippen LogP contribution in [0.3, 0.4) is 0 Å². The molecule has 3 rings (SSSR count). The van der Waals surface area contributed by atoms with Crippen LogP contribution in [0.2, 0.25) is 10.0 Å². The quantitative estimate of drug-likeness (QED) is 0.336. The molecular weight excluding hydrogens is 467 g/mol. The Morgan fingerprint density at radius 1 is 1.12 bits per heavy atom. The summed E-state index contributed by atoms with van der Waals surface area (Å²) < 4.78 is 5.63. The molecule has 2 amide bonds. The van der Waals surface area contributed by atoms with E-state index in [1.54, 1.807) is 36.4 Å². The monoisotopic (exact) mass is 492 g/mol. The first kappa shape index (κ1) is 25.2. The number of carbonyl (C=O) groups is 1. The van der Waals surface area contributed by atoms with Gasteiger partial charge in [0, 0.05) is 21.2 Å². The zero-order valence-electron chi connectivity index (χ0n) is 19.1. The number of nitrogens with two attached hydrogens (primary N) is 1. The Bertz CT molecular complexity index is 1220. The second-order valence-electron chi connectivity index (χ2n) is 8.05. The SMILES string of the molecule is C#CCOc1ccc(N(Cc2c(Cl)cccc2Cl)C(N)=O)c(C(=C)c2ccc(C(C)C)cc2)c1. The van der Waals surface area contributed by atoms with Crippen LogP contribution in [0.5, 0.6) is 5.75 Å². The molecule has 0 saturated heterocycles. The minimum atomic E-state index is -0.655. The Hall–Kier alpha value is -3.39. The highest BCUT2D eigenvalue weighted by Crippen LogP contribution is 2.36. The minimum Gasteiger partial charge on any atom is -0.481 e. The van der Waals surface area contributed by atoms with Crippen LogP contribution in [0.4, 0.5) is 10.5 Å². The predicted octanol–water partition coefficient (Wildman–Crippen LogP) is 7.28. The van der Waals surface area contributed by atoms with Crippen LogP contribution < -0.4 is 15.4 Å². The van der Waals surface area contributed by atoms with E-state index in [0.29, 0.717) is 44.1 Å². The molecule has 0 unspecified atom stereocenters. The standard InChI is InChI=1S/C28H26Cl2N2O2/c1-5-15-34-22-13-14-27(32(28(31)33)17-24-25(29)7-6-8-26(24)30)23(16-22)19(4)21-11-9-20(10-12-21)18(2)3/h1,6-14,16,18H,4,15,17H2,2-3H3,(H2,31,33). The summed E-state index contributed by atoms with van der Waals surface area (Å²) >= 11 is 12.7. The number of hydrogen-bond acceptors (Lipinski definition) is 2. The highest BCUT2D eigenvalue weighted by molar-refractivity contribution is 6.36. The molecule has 3 aromatic carbocycles. The van der Waals surface area contributed by atoms with Crippen molar-refractivity contribution in [2.24, 2.45) is 5.73 Å². The van der Waals surface area contributed by atoms with E-state index in [0.717, 1.165) is 5.56 Å². The molecule has 0 spiro atoms. The lowest BCUT2D eigenvalue weighted by atomic mass is 9.94. The normalized spacial score (nSPS) is 10.6. The van der Waals surface area contributed by atoms with Crippen LogP contribution >= 0.6 is 23.2 Å². The average molecular weight is 493 g/mol. The Morgan fingerprint density at radius 3 is 2.32 bits per heavy atom. The number of anilines is 1. The summed E-state index contributed by atoms with van der Waals surface area (Å²) in [6.07, 6.45) is 5.35. The number of terminal acetylenes is 1. The number of amides is 2. The number of urea groups is 1. The third kappa shape index (κ3) is 5.75. The van der Waals surface area contributed by atoms with Crippen LogP contribution in [0, 0.1) is 12.3 Å². The van der Waals surface area contributed by atoms with Gasteiger partial charge in [0.05, 0.1) is 12.2 Å². The van der Waals surface area contributed by atoms with Crippen molar-refractivity contribution < 1.29 is 9.53 Å². The Morgan fingerprint density at radius 2 is 1.76 bits per heavy atom. The van der Waals surface area contributed by atoms with Crippen molar-refractivity contribution >= 4 is 40.5 Å². The van der Waals surface area contributed by atoms with Gasteiger partial charge in [0.1, 0.15) is 12.4 Å². The number of rotatable bonds is 8. The maximum atomic E-state index is 12.6. The third-order valence-corrected chi connectivity index (χ3v) is 6.18. The smallest absolute Gasteiger partial charge is 0.319 e. The van der Waals surface area contributed by atoms with Gasteiger partial charge in [-0.15, -0.1) is 6.42 Å². The molecule has 0 aliphatic rings. The van der Waals surface area contributed by atoms with E-state index in [9.17, 15) is 4.79 Å². The molecule has 0 atom stereocenters. The van der Waals surface area contributed by atoms with E-state index in [1.165, 1.54) is 10.5 Å². The van der Waals surface area contributed by atoms with Crippen molar-refractivity contribution in [3.63, 3.8) is 0 Å². The number of primary amides is 1. The fraction of sp³-hybridized carbons (Fsp3) is 0.179. The van der Waals surface area contributed by atoms with Crippen LogP contribution in [0.15, 0.2) is 67.2 Å². The molecule has 174 valence electrons. The number of hydrogen-bond donors (Lipinski definition) is 1. The summed E-state index contributed by atoms with van der Waals surface area (Å²) in [6.45, 7) is 8.79. The van der Waals surface area contributed by atoms with E-state index < -0.39 is 6.03 Å².